The third-order valence-electron chi connectivity index (χ3n) is 8.72. The number of nitriles is 1. The second kappa shape index (κ2) is 9.53. The third kappa shape index (κ3) is 3.40. The quantitative estimate of drug-likeness (QED) is 0.222. The molecule has 1 fully saturated rings. The number of anilines is 1. The normalized spacial score (nSPS) is 23.2. The summed E-state index contributed by atoms with van der Waals surface area (Å²) >= 11 is 0. The molecule has 1 aliphatic heterocycles. The molecule has 3 amide bonds. The molecule has 8 heteroatoms. The van der Waals surface area contributed by atoms with Gasteiger partial charge in [-0.1, -0.05) is 66.7 Å². The summed E-state index contributed by atoms with van der Waals surface area (Å²) in [5, 5.41) is 14.2. The first-order chi connectivity index (χ1) is 20.5. The molecule has 0 radical (unpaired) electrons. The van der Waals surface area contributed by atoms with E-state index in [1.165, 1.54) is 12.0 Å². The number of nitrogens with zero attached hydrogens (tertiary/aromatic N) is 3. The fourth-order valence-electron chi connectivity index (χ4n) is 7.07. The van der Waals surface area contributed by atoms with Gasteiger partial charge in [-0.25, -0.2) is 10.3 Å². The minimum Gasteiger partial charge on any atom is -0.497 e. The first kappa shape index (κ1) is 25.4. The topological polar surface area (TPSA) is 112 Å². The number of amides is 3. The zero-order valence-electron chi connectivity index (χ0n) is 22.5. The highest BCUT2D eigenvalue weighted by molar-refractivity contribution is 6.25. The summed E-state index contributed by atoms with van der Waals surface area (Å²) < 4.78 is 5.24. The van der Waals surface area contributed by atoms with E-state index < -0.39 is 29.1 Å². The van der Waals surface area contributed by atoms with E-state index in [1.807, 2.05) is 48.5 Å². The van der Waals surface area contributed by atoms with Crippen LogP contribution in [0.2, 0.25) is 0 Å². The lowest BCUT2D eigenvalue weighted by atomic mass is 9.47. The number of hydrogen-bond donors (Lipinski definition) is 1. The van der Waals surface area contributed by atoms with Gasteiger partial charge < -0.3 is 4.74 Å². The van der Waals surface area contributed by atoms with E-state index in [2.05, 4.69) is 16.6 Å². The van der Waals surface area contributed by atoms with Gasteiger partial charge in [0.1, 0.15) is 11.8 Å². The molecule has 4 aromatic rings. The van der Waals surface area contributed by atoms with Crippen LogP contribution in [0.4, 0.5) is 5.69 Å². The number of carbonyl (C=O) groups excluding carboxylic acids is 3. The van der Waals surface area contributed by atoms with Crippen LogP contribution < -0.4 is 15.1 Å². The van der Waals surface area contributed by atoms with Crippen molar-refractivity contribution in [2.75, 3.05) is 12.0 Å². The average Bonchev–Trinajstić information content (AvgIpc) is 3.31. The molecule has 1 heterocycles. The van der Waals surface area contributed by atoms with Crippen LogP contribution in [0.3, 0.4) is 0 Å². The Kier molecular flexibility index (Phi) is 5.77. The largest absolute Gasteiger partial charge is 0.497 e. The Bertz CT molecular complexity index is 1830. The summed E-state index contributed by atoms with van der Waals surface area (Å²) in [6.45, 7) is 0. The summed E-state index contributed by atoms with van der Waals surface area (Å²) in [5.41, 5.74) is 5.98. The van der Waals surface area contributed by atoms with Gasteiger partial charge in [-0.3, -0.25) is 14.4 Å². The van der Waals surface area contributed by atoms with E-state index in [-0.39, 0.29) is 23.1 Å². The number of hydrazone groups is 1. The van der Waals surface area contributed by atoms with Crippen molar-refractivity contribution in [1.82, 2.24) is 5.43 Å². The Labute approximate surface area is 241 Å². The van der Waals surface area contributed by atoms with Crippen molar-refractivity contribution in [3.05, 3.63) is 130 Å². The van der Waals surface area contributed by atoms with Gasteiger partial charge in [-0.2, -0.15) is 10.4 Å². The maximum atomic E-state index is 14.5. The van der Waals surface area contributed by atoms with Gasteiger partial charge >= 0.3 is 0 Å². The number of para-hydroxylation sites is 1. The van der Waals surface area contributed by atoms with E-state index in [4.69, 9.17) is 4.74 Å². The minimum atomic E-state index is -1.14. The highest BCUT2D eigenvalue weighted by atomic mass is 16.5. The molecular weight excluding hydrogens is 528 g/mol. The molecule has 0 unspecified atom stereocenters. The first-order valence-electron chi connectivity index (χ1n) is 13.6. The molecule has 42 heavy (non-hydrogen) atoms. The minimum absolute atomic E-state index is 0.244. The van der Waals surface area contributed by atoms with E-state index in [1.54, 1.807) is 54.7 Å². The number of methoxy groups -OCH3 is 1. The fraction of sp³-hybridized carbons (Fsp3) is 0.147. The number of imide groups is 1. The van der Waals surface area contributed by atoms with Crippen molar-refractivity contribution in [2.24, 2.45) is 16.9 Å². The maximum absolute atomic E-state index is 14.5. The van der Waals surface area contributed by atoms with E-state index in [0.717, 1.165) is 22.3 Å². The zero-order chi connectivity index (χ0) is 29.0. The van der Waals surface area contributed by atoms with Crippen molar-refractivity contribution in [3.63, 3.8) is 0 Å². The van der Waals surface area contributed by atoms with Gasteiger partial charge in [-0.15, -0.1) is 0 Å². The van der Waals surface area contributed by atoms with Crippen LogP contribution in [0, 0.1) is 23.2 Å². The van der Waals surface area contributed by atoms with E-state index >= 15 is 0 Å². The van der Waals surface area contributed by atoms with Crippen LogP contribution >= 0.6 is 0 Å². The molecule has 3 aliphatic carbocycles. The highest BCUT2D eigenvalue weighted by Crippen LogP contribution is 2.63. The van der Waals surface area contributed by atoms with Crippen LogP contribution in [0.1, 0.15) is 44.1 Å². The van der Waals surface area contributed by atoms with Crippen LogP contribution in [0.25, 0.3) is 0 Å². The summed E-state index contributed by atoms with van der Waals surface area (Å²) in [6.07, 6.45) is 1.61. The number of rotatable bonds is 5. The Morgan fingerprint density at radius 3 is 2.29 bits per heavy atom. The zero-order valence-corrected chi connectivity index (χ0v) is 22.5. The summed E-state index contributed by atoms with van der Waals surface area (Å²) in [4.78, 5) is 43.0. The van der Waals surface area contributed by atoms with E-state index in [9.17, 15) is 19.6 Å². The fourth-order valence-corrected chi connectivity index (χ4v) is 7.07. The number of ether oxygens (including phenoxy) is 1. The molecular formula is C34H24N4O4. The molecule has 2 atom stereocenters. The number of hydrogen-bond acceptors (Lipinski definition) is 6. The number of benzene rings is 4. The second-order valence-electron chi connectivity index (χ2n) is 10.6. The Morgan fingerprint density at radius 2 is 1.60 bits per heavy atom. The molecule has 8 rings (SSSR count). The lowest BCUT2D eigenvalue weighted by Crippen LogP contribution is -2.54. The molecule has 1 saturated heterocycles. The van der Waals surface area contributed by atoms with Crippen LogP contribution in [0.5, 0.6) is 5.75 Å². The molecule has 4 aliphatic rings. The highest BCUT2D eigenvalue weighted by Gasteiger charge is 2.68. The van der Waals surface area contributed by atoms with E-state index in [0.29, 0.717) is 11.3 Å². The summed E-state index contributed by atoms with van der Waals surface area (Å²) in [7, 11) is 1.53. The van der Waals surface area contributed by atoms with Gasteiger partial charge in [0.15, 0.2) is 0 Å². The third-order valence-corrected chi connectivity index (χ3v) is 8.72. The van der Waals surface area contributed by atoms with Crippen LogP contribution in [-0.4, -0.2) is 31.0 Å². The second-order valence-corrected chi connectivity index (χ2v) is 10.6. The predicted octanol–water partition coefficient (Wildman–Crippen LogP) is 4.53. The van der Waals surface area contributed by atoms with Gasteiger partial charge in [0.25, 0.3) is 5.91 Å². The standard InChI is InChI=1S/C34H24N4O4/c1-42-22-11-8-10-20(17-22)31(39)37-36-19-34-25-14-5-3-12-23(25)28(24-13-4-6-15-26(24)34)29-30(34)33(41)38(32(29)40)27-16-7-2-9-21(27)18-35/h2-17,19,28-30H,1H3,(H,37,39)/b36-19-/t28?,29-,30-,34?/m1/s1. The van der Waals surface area contributed by atoms with Crippen molar-refractivity contribution in [2.45, 2.75) is 11.3 Å². The summed E-state index contributed by atoms with van der Waals surface area (Å²) in [5.74, 6) is -2.54. The van der Waals surface area contributed by atoms with Crippen molar-refractivity contribution >= 4 is 29.6 Å². The van der Waals surface area contributed by atoms with Crippen molar-refractivity contribution in [1.29, 1.82) is 5.26 Å². The lowest BCUT2D eigenvalue weighted by molar-refractivity contribution is -0.122. The molecule has 8 nitrogen and oxygen atoms in total. The monoisotopic (exact) mass is 552 g/mol. The molecule has 0 spiro atoms. The number of nitrogens with one attached hydrogen (secondary N) is 1. The SMILES string of the molecule is COc1cccc(C(=O)N/N=C\C23c4ccccc4C(c4ccccc42)[C@H]2C(=O)N(c4ccccc4C#N)C(=O)[C@@H]23)c1. The molecule has 0 saturated carbocycles. The molecule has 1 N–H and O–H groups in total. The van der Waals surface area contributed by atoms with Crippen molar-refractivity contribution in [3.8, 4) is 11.8 Å². The average molecular weight is 553 g/mol. The van der Waals surface area contributed by atoms with Crippen LogP contribution in [-0.2, 0) is 15.0 Å². The van der Waals surface area contributed by atoms with Gasteiger partial charge in [0, 0.05) is 17.7 Å². The van der Waals surface area contributed by atoms with Crippen molar-refractivity contribution < 1.29 is 19.1 Å². The Morgan fingerprint density at radius 1 is 0.929 bits per heavy atom. The smallest absolute Gasteiger partial charge is 0.271 e. The maximum Gasteiger partial charge on any atom is 0.271 e. The van der Waals surface area contributed by atoms with Gasteiger partial charge in [0.05, 0.1) is 35.6 Å². The number of carbonyl (C=O) groups is 3. The molecule has 2 bridgehead atoms. The van der Waals surface area contributed by atoms with Crippen LogP contribution in [0.15, 0.2) is 102 Å². The molecule has 0 aromatic heterocycles. The summed E-state index contributed by atoms with van der Waals surface area (Å²) in [6, 6.07) is 31.1. The Hall–Kier alpha value is -5.55. The van der Waals surface area contributed by atoms with Gasteiger partial charge in [0.2, 0.25) is 11.8 Å². The predicted molar refractivity (Wildman–Crippen MR) is 155 cm³/mol. The Balaban J connectivity index is 1.40. The molecule has 204 valence electrons. The first-order valence-corrected chi connectivity index (χ1v) is 13.6. The van der Waals surface area contributed by atoms with Gasteiger partial charge in [-0.05, 0) is 52.6 Å². The molecule has 4 aromatic carbocycles. The lowest BCUT2D eigenvalue weighted by Gasteiger charge is -2.52.